The minimum absolute atomic E-state index is 0.0505. The Balaban J connectivity index is 0.000000142. The van der Waals surface area contributed by atoms with Crippen LogP contribution in [0, 0.1) is 0 Å². The van der Waals surface area contributed by atoms with Gasteiger partial charge in [-0.05, 0) is 48.5 Å². The lowest BCUT2D eigenvalue weighted by Gasteiger charge is -2.12. The molecule has 2 aliphatic rings. The number of phenols is 2. The number of fused-ring (bicyclic) bond motifs is 4. The first-order chi connectivity index (χ1) is 21.4. The van der Waals surface area contributed by atoms with E-state index in [0.29, 0.717) is 45.5 Å². The molecule has 5 N–H and O–H groups in total. The Labute approximate surface area is 249 Å². The molecule has 0 bridgehead atoms. The molecule has 0 radical (unpaired) electrons. The van der Waals surface area contributed by atoms with Gasteiger partial charge in [0.25, 0.3) is 0 Å². The second-order valence-electron chi connectivity index (χ2n) is 10.5. The molecule has 2 atom stereocenters. The van der Waals surface area contributed by atoms with Gasteiger partial charge >= 0.3 is 11.9 Å². The van der Waals surface area contributed by atoms with Crippen molar-refractivity contribution in [2.24, 2.45) is 0 Å². The number of hydrogen-bond donors (Lipinski definition) is 5. The van der Waals surface area contributed by atoms with Gasteiger partial charge in [-0.25, -0.2) is 9.59 Å². The summed E-state index contributed by atoms with van der Waals surface area (Å²) in [5.41, 5.74) is 6.02. The number of para-hydroxylation sites is 2. The number of aromatic hydroxyl groups is 2. The summed E-state index contributed by atoms with van der Waals surface area (Å²) >= 11 is 0. The predicted molar refractivity (Wildman–Crippen MR) is 159 cm³/mol. The number of cyclic esters (lactones) is 2. The predicted octanol–water partition coefficient (Wildman–Crippen LogP) is 5.57. The van der Waals surface area contributed by atoms with Crippen LogP contribution in [0.1, 0.15) is 71.4 Å². The highest BCUT2D eigenvalue weighted by Gasteiger charge is 2.37. The summed E-state index contributed by atoms with van der Waals surface area (Å²) in [6.07, 6.45) is -0.622. The third-order valence-electron chi connectivity index (χ3n) is 7.93. The van der Waals surface area contributed by atoms with E-state index in [4.69, 9.17) is 9.47 Å². The number of rotatable bonds is 4. The number of aliphatic hydroxyl groups excluding tert-OH is 1. The molecule has 0 saturated heterocycles. The molecule has 8 rings (SSSR count). The summed E-state index contributed by atoms with van der Waals surface area (Å²) in [6, 6.07) is 24.1. The van der Waals surface area contributed by atoms with Crippen molar-refractivity contribution >= 4 is 40.0 Å². The first-order valence-electron chi connectivity index (χ1n) is 13.7. The Morgan fingerprint density at radius 3 is 1.73 bits per heavy atom. The minimum atomic E-state index is -0.703. The van der Waals surface area contributed by atoms with Crippen molar-refractivity contribution < 1.29 is 39.2 Å². The molecular weight excluding hydrogens is 564 g/mol. The van der Waals surface area contributed by atoms with Crippen molar-refractivity contribution in [3.05, 3.63) is 130 Å². The Hall–Kier alpha value is -5.87. The van der Waals surface area contributed by atoms with Crippen LogP contribution in [0.25, 0.3) is 21.8 Å². The largest absolute Gasteiger partial charge is 0.508 e. The maximum absolute atomic E-state index is 12.0. The fourth-order valence-electron chi connectivity index (χ4n) is 6.01. The number of nitrogens with one attached hydrogen (secondary N) is 2. The van der Waals surface area contributed by atoms with Crippen LogP contribution in [0.5, 0.6) is 11.5 Å². The van der Waals surface area contributed by atoms with E-state index in [0.717, 1.165) is 27.4 Å². The lowest BCUT2D eigenvalue weighted by Crippen LogP contribution is -2.03. The number of carbonyl (C=O) groups excluding carboxylic acids is 3. The topological polar surface area (TPSA) is 162 Å². The number of aromatic amines is 2. The summed E-state index contributed by atoms with van der Waals surface area (Å²) in [6.45, 7) is -0.188. The van der Waals surface area contributed by atoms with Crippen molar-refractivity contribution in [3.63, 3.8) is 0 Å². The molecule has 0 amide bonds. The van der Waals surface area contributed by atoms with Gasteiger partial charge in [-0.1, -0.05) is 36.4 Å². The number of ether oxygens (including phenoxy) is 2. The first kappa shape index (κ1) is 27.0. The quantitative estimate of drug-likeness (QED) is 0.132. The van der Waals surface area contributed by atoms with Gasteiger partial charge in [0, 0.05) is 49.8 Å². The molecule has 4 aromatic carbocycles. The second kappa shape index (κ2) is 10.4. The van der Waals surface area contributed by atoms with Gasteiger partial charge in [-0.2, -0.15) is 0 Å². The maximum atomic E-state index is 12.0. The number of esters is 2. The fraction of sp³-hybridized carbons (Fsp3) is 0.0882. The molecule has 0 fully saturated rings. The summed E-state index contributed by atoms with van der Waals surface area (Å²) in [7, 11) is 0. The fourth-order valence-corrected chi connectivity index (χ4v) is 6.01. The normalized spacial score (nSPS) is 16.7. The number of aldehydes is 1. The lowest BCUT2D eigenvalue weighted by atomic mass is 9.96. The van der Waals surface area contributed by atoms with Crippen molar-refractivity contribution in [1.82, 2.24) is 9.97 Å². The highest BCUT2D eigenvalue weighted by molar-refractivity contribution is 5.99. The van der Waals surface area contributed by atoms with Crippen LogP contribution < -0.4 is 0 Å². The van der Waals surface area contributed by atoms with E-state index in [1.165, 1.54) is 30.3 Å². The Bertz CT molecular complexity index is 2130. The van der Waals surface area contributed by atoms with Gasteiger partial charge in [0.05, 0.1) is 23.4 Å². The van der Waals surface area contributed by atoms with Gasteiger partial charge in [-0.3, -0.25) is 4.79 Å². The van der Waals surface area contributed by atoms with E-state index in [1.807, 2.05) is 48.5 Å². The monoisotopic (exact) mass is 588 g/mol. The number of H-pyrrole nitrogens is 2. The molecule has 0 spiro atoms. The second-order valence-corrected chi connectivity index (χ2v) is 10.5. The number of benzene rings is 4. The minimum Gasteiger partial charge on any atom is -0.508 e. The van der Waals surface area contributed by atoms with Crippen molar-refractivity contribution in [1.29, 1.82) is 0 Å². The van der Waals surface area contributed by atoms with E-state index in [9.17, 15) is 29.7 Å². The Morgan fingerprint density at radius 2 is 1.18 bits per heavy atom. The summed E-state index contributed by atoms with van der Waals surface area (Å²) in [5.74, 6) is -0.752. The summed E-state index contributed by atoms with van der Waals surface area (Å²) < 4.78 is 11.0. The van der Waals surface area contributed by atoms with Gasteiger partial charge in [0.2, 0.25) is 0 Å². The zero-order chi connectivity index (χ0) is 30.5. The van der Waals surface area contributed by atoms with Gasteiger partial charge in [-0.15, -0.1) is 0 Å². The number of phenolic OH excluding ortho intramolecular Hbond substituents is 2. The molecule has 218 valence electrons. The standard InChI is InChI=1S/C17H13NO4.C17H11NO4/c2*19-8-14-15(11-3-1-2-4-13(11)18-14)16-12-7-9(20)5-6-10(12)17(21)22-16/h1-7,16,18-20H,8H2;1-8,16,18,20H. The van der Waals surface area contributed by atoms with Crippen LogP contribution in [0.15, 0.2) is 84.9 Å². The zero-order valence-corrected chi connectivity index (χ0v) is 22.9. The third kappa shape index (κ3) is 4.27. The number of aromatic nitrogens is 2. The van der Waals surface area contributed by atoms with Crippen LogP contribution in [0.2, 0.25) is 0 Å². The summed E-state index contributed by atoms with van der Waals surface area (Å²) in [4.78, 5) is 41.6. The van der Waals surface area contributed by atoms with E-state index in [1.54, 1.807) is 6.07 Å². The highest BCUT2D eigenvalue weighted by Crippen LogP contribution is 2.43. The lowest BCUT2D eigenvalue weighted by molar-refractivity contribution is 0.0446. The zero-order valence-electron chi connectivity index (χ0n) is 22.9. The smallest absolute Gasteiger partial charge is 0.339 e. The molecule has 0 aliphatic carbocycles. The molecule has 10 heteroatoms. The molecular formula is C34H24N2O8. The van der Waals surface area contributed by atoms with Gasteiger partial charge in [0.1, 0.15) is 11.5 Å². The maximum Gasteiger partial charge on any atom is 0.339 e. The third-order valence-corrected chi connectivity index (χ3v) is 7.93. The molecule has 0 saturated carbocycles. The van der Waals surface area contributed by atoms with Crippen molar-refractivity contribution in [3.8, 4) is 11.5 Å². The Morgan fingerprint density at radius 1 is 0.682 bits per heavy atom. The van der Waals surface area contributed by atoms with Crippen LogP contribution in [-0.4, -0.2) is 43.5 Å². The number of aliphatic hydroxyl groups is 1. The average Bonchev–Trinajstić information content (AvgIpc) is 3.77. The molecule has 2 aliphatic heterocycles. The molecule has 44 heavy (non-hydrogen) atoms. The number of hydrogen-bond acceptors (Lipinski definition) is 8. The Kier molecular flexibility index (Phi) is 6.41. The van der Waals surface area contributed by atoms with E-state index in [-0.39, 0.29) is 18.1 Å². The van der Waals surface area contributed by atoms with E-state index < -0.39 is 24.1 Å². The SMILES string of the molecule is O=C1OC(c2c(CO)[nH]c3ccccc23)c2cc(O)ccc21.O=Cc1[nH]c2ccccc2c1C1OC(=O)c2ccc(O)cc21. The molecule has 4 heterocycles. The first-order valence-corrected chi connectivity index (χ1v) is 13.7. The van der Waals surface area contributed by atoms with Crippen molar-refractivity contribution in [2.75, 3.05) is 0 Å². The molecule has 2 unspecified atom stereocenters. The van der Waals surface area contributed by atoms with E-state index >= 15 is 0 Å². The van der Waals surface area contributed by atoms with Crippen LogP contribution in [0.4, 0.5) is 0 Å². The van der Waals surface area contributed by atoms with Crippen LogP contribution in [-0.2, 0) is 16.1 Å². The van der Waals surface area contributed by atoms with E-state index in [2.05, 4.69) is 9.97 Å². The molecule has 6 aromatic rings. The van der Waals surface area contributed by atoms with Gasteiger partial charge < -0.3 is 34.8 Å². The highest BCUT2D eigenvalue weighted by atomic mass is 16.6. The van der Waals surface area contributed by atoms with Gasteiger partial charge in [0.15, 0.2) is 18.5 Å². The average molecular weight is 589 g/mol. The summed E-state index contributed by atoms with van der Waals surface area (Å²) in [5, 5.41) is 30.7. The van der Waals surface area contributed by atoms with Crippen LogP contribution in [0.3, 0.4) is 0 Å². The number of carbonyl (C=O) groups is 3. The van der Waals surface area contributed by atoms with Crippen LogP contribution >= 0.6 is 0 Å². The molecule has 10 nitrogen and oxygen atoms in total. The molecule has 2 aromatic heterocycles. The van der Waals surface area contributed by atoms with Crippen molar-refractivity contribution in [2.45, 2.75) is 18.8 Å².